The molecule has 0 bridgehead atoms. The Labute approximate surface area is 257 Å². The Morgan fingerprint density at radius 3 is 2.02 bits per heavy atom. The van der Waals surface area contributed by atoms with Crippen LogP contribution in [0.1, 0.15) is 70.8 Å². The Hall–Kier alpha value is -4.30. The number of hydrogen-bond donors (Lipinski definition) is 0. The molecule has 1 aliphatic carbocycles. The molecule has 0 radical (unpaired) electrons. The highest BCUT2D eigenvalue weighted by atomic mass is 16.5. The van der Waals surface area contributed by atoms with Crippen LogP contribution in [0.25, 0.3) is 28.0 Å². The van der Waals surface area contributed by atoms with Crippen molar-refractivity contribution in [2.24, 2.45) is 0 Å². The van der Waals surface area contributed by atoms with Crippen LogP contribution in [0, 0.1) is 27.7 Å². The van der Waals surface area contributed by atoms with Gasteiger partial charge in [0.25, 0.3) is 0 Å². The van der Waals surface area contributed by atoms with Crippen LogP contribution in [-0.2, 0) is 10.8 Å². The maximum absolute atomic E-state index is 5.84. The van der Waals surface area contributed by atoms with Crippen molar-refractivity contribution in [2.75, 3.05) is 14.2 Å². The number of benzene rings is 5. The molecular formula is C41H42O2. The molecule has 2 nitrogen and oxygen atoms in total. The lowest BCUT2D eigenvalue weighted by molar-refractivity contribution is 0.412. The fourth-order valence-electron chi connectivity index (χ4n) is 7.61. The Kier molecular flexibility index (Phi) is 7.00. The Morgan fingerprint density at radius 2 is 1.37 bits per heavy atom. The summed E-state index contributed by atoms with van der Waals surface area (Å²) in [5.74, 6) is 1.79. The molecule has 0 saturated carbocycles. The summed E-state index contributed by atoms with van der Waals surface area (Å²) in [5, 5.41) is 2.55. The smallest absolute Gasteiger partial charge is 0.122 e. The highest BCUT2D eigenvalue weighted by Gasteiger charge is 2.40. The van der Waals surface area contributed by atoms with Crippen LogP contribution in [0.2, 0.25) is 0 Å². The predicted molar refractivity (Wildman–Crippen MR) is 182 cm³/mol. The lowest BCUT2D eigenvalue weighted by Gasteiger charge is -2.30. The van der Waals surface area contributed by atoms with E-state index in [0.29, 0.717) is 0 Å². The van der Waals surface area contributed by atoms with E-state index >= 15 is 0 Å². The monoisotopic (exact) mass is 566 g/mol. The van der Waals surface area contributed by atoms with Gasteiger partial charge >= 0.3 is 0 Å². The minimum absolute atomic E-state index is 0.155. The minimum Gasteiger partial charge on any atom is -0.497 e. The average molecular weight is 567 g/mol. The molecule has 43 heavy (non-hydrogen) atoms. The Morgan fingerprint density at radius 1 is 0.698 bits per heavy atom. The van der Waals surface area contributed by atoms with E-state index in [9.17, 15) is 0 Å². The van der Waals surface area contributed by atoms with Crippen LogP contribution in [0.15, 0.2) is 84.9 Å². The van der Waals surface area contributed by atoms with Crippen molar-refractivity contribution in [2.45, 2.75) is 59.3 Å². The van der Waals surface area contributed by atoms with Crippen molar-refractivity contribution in [1.29, 1.82) is 0 Å². The van der Waals surface area contributed by atoms with E-state index in [1.165, 1.54) is 66.4 Å². The first-order valence-corrected chi connectivity index (χ1v) is 15.2. The molecule has 0 N–H and O–H groups in total. The van der Waals surface area contributed by atoms with Crippen LogP contribution in [-0.4, -0.2) is 14.2 Å². The van der Waals surface area contributed by atoms with Crippen LogP contribution in [0.5, 0.6) is 11.5 Å². The van der Waals surface area contributed by atoms with Crippen molar-refractivity contribution < 1.29 is 9.47 Å². The summed E-state index contributed by atoms with van der Waals surface area (Å²) in [6, 6.07) is 28.6. The Bertz CT molecular complexity index is 1890. The molecule has 218 valence electrons. The molecule has 1 unspecified atom stereocenters. The van der Waals surface area contributed by atoms with Crippen LogP contribution in [0.4, 0.5) is 0 Å². The van der Waals surface area contributed by atoms with E-state index < -0.39 is 0 Å². The van der Waals surface area contributed by atoms with Gasteiger partial charge in [-0.1, -0.05) is 86.2 Å². The second-order valence-electron chi connectivity index (χ2n) is 12.9. The number of hydrogen-bond acceptors (Lipinski definition) is 2. The summed E-state index contributed by atoms with van der Waals surface area (Å²) < 4.78 is 11.3. The molecule has 0 saturated heterocycles. The lowest BCUT2D eigenvalue weighted by atomic mass is 9.73. The highest BCUT2D eigenvalue weighted by Crippen LogP contribution is 2.56. The van der Waals surface area contributed by atoms with E-state index in [2.05, 4.69) is 139 Å². The van der Waals surface area contributed by atoms with Crippen LogP contribution < -0.4 is 9.47 Å². The third-order valence-corrected chi connectivity index (χ3v) is 9.78. The molecule has 5 aromatic rings. The number of methoxy groups -OCH3 is 2. The summed E-state index contributed by atoms with van der Waals surface area (Å²) >= 11 is 0. The normalized spacial score (nSPS) is 14.9. The minimum atomic E-state index is -0.352. The molecule has 0 aliphatic heterocycles. The number of rotatable bonds is 6. The van der Waals surface area contributed by atoms with Gasteiger partial charge in [-0.3, -0.25) is 0 Å². The first-order chi connectivity index (χ1) is 20.5. The van der Waals surface area contributed by atoms with Gasteiger partial charge < -0.3 is 9.47 Å². The lowest BCUT2D eigenvalue weighted by Crippen LogP contribution is -2.21. The van der Waals surface area contributed by atoms with Gasteiger partial charge in [0.2, 0.25) is 0 Å². The van der Waals surface area contributed by atoms with Gasteiger partial charge in [-0.2, -0.15) is 0 Å². The SMILES string of the molecule is COc1ccc(C(C)(/C=C\c2c3c(c4cc(C)c(OC)cc4c2C)-c2cc(C)cc(C)c2C3(C)C)c2ccccc2)cc1. The first-order valence-electron chi connectivity index (χ1n) is 15.2. The topological polar surface area (TPSA) is 18.5 Å². The quantitative estimate of drug-likeness (QED) is 0.204. The molecule has 2 heteroatoms. The number of allylic oxidation sites excluding steroid dienone is 1. The van der Waals surface area contributed by atoms with Gasteiger partial charge in [0.1, 0.15) is 11.5 Å². The van der Waals surface area contributed by atoms with E-state index in [1.54, 1.807) is 14.2 Å². The zero-order valence-corrected chi connectivity index (χ0v) is 27.0. The van der Waals surface area contributed by atoms with Crippen molar-refractivity contribution in [3.63, 3.8) is 0 Å². The fraction of sp³-hybridized carbons (Fsp3) is 0.268. The standard InChI is InChI=1S/C41H42O2/c1-25-21-27(3)38-35(22-25)37-34-23-26(2)36(43-9)24-33(34)28(4)32(39(37)40(38,5)6)19-20-41(7,29-13-11-10-12-14-29)30-15-17-31(42-8)18-16-30/h10-24H,1-9H3/b20-19-. The van der Waals surface area contributed by atoms with Crippen molar-refractivity contribution >= 4 is 16.8 Å². The fourth-order valence-corrected chi connectivity index (χ4v) is 7.61. The molecule has 5 aromatic carbocycles. The maximum Gasteiger partial charge on any atom is 0.122 e. The second kappa shape index (κ2) is 10.5. The summed E-state index contributed by atoms with van der Waals surface area (Å²) in [6.07, 6.45) is 4.80. The second-order valence-corrected chi connectivity index (χ2v) is 12.9. The van der Waals surface area contributed by atoms with Crippen molar-refractivity contribution in [1.82, 2.24) is 0 Å². The van der Waals surface area contributed by atoms with Crippen molar-refractivity contribution in [3.05, 3.63) is 135 Å². The maximum atomic E-state index is 5.84. The Balaban J connectivity index is 1.68. The largest absolute Gasteiger partial charge is 0.497 e. The van der Waals surface area contributed by atoms with E-state index in [1.807, 2.05) is 0 Å². The molecule has 0 amide bonds. The van der Waals surface area contributed by atoms with Gasteiger partial charge in [-0.15, -0.1) is 0 Å². The molecule has 0 heterocycles. The van der Waals surface area contributed by atoms with Gasteiger partial charge in [-0.05, 0) is 125 Å². The zero-order chi connectivity index (χ0) is 30.7. The van der Waals surface area contributed by atoms with Gasteiger partial charge in [0.15, 0.2) is 0 Å². The van der Waals surface area contributed by atoms with E-state index in [-0.39, 0.29) is 10.8 Å². The third-order valence-electron chi connectivity index (χ3n) is 9.78. The van der Waals surface area contributed by atoms with Gasteiger partial charge in [0.05, 0.1) is 14.2 Å². The van der Waals surface area contributed by atoms with Gasteiger partial charge in [0, 0.05) is 10.8 Å². The van der Waals surface area contributed by atoms with E-state index in [0.717, 1.165) is 17.1 Å². The van der Waals surface area contributed by atoms with Crippen LogP contribution >= 0.6 is 0 Å². The molecule has 0 spiro atoms. The zero-order valence-electron chi connectivity index (χ0n) is 27.0. The first kappa shape index (κ1) is 28.8. The molecule has 1 aliphatic rings. The highest BCUT2D eigenvalue weighted by molar-refractivity contribution is 6.07. The average Bonchev–Trinajstić information content (AvgIpc) is 3.23. The number of aryl methyl sites for hydroxylation is 4. The summed E-state index contributed by atoms with van der Waals surface area (Å²) in [7, 11) is 3.48. The van der Waals surface area contributed by atoms with E-state index in [4.69, 9.17) is 9.47 Å². The molecular weight excluding hydrogens is 524 g/mol. The van der Waals surface area contributed by atoms with Crippen LogP contribution in [0.3, 0.4) is 0 Å². The number of fused-ring (bicyclic) bond motifs is 5. The molecule has 1 atom stereocenters. The molecule has 0 aromatic heterocycles. The summed E-state index contributed by atoms with van der Waals surface area (Å²) in [5.41, 5.74) is 13.9. The molecule has 0 fully saturated rings. The molecule has 6 rings (SSSR count). The predicted octanol–water partition coefficient (Wildman–Crippen LogP) is 10.4. The van der Waals surface area contributed by atoms with Gasteiger partial charge in [-0.25, -0.2) is 0 Å². The number of ether oxygens (including phenoxy) is 2. The summed E-state index contributed by atoms with van der Waals surface area (Å²) in [6.45, 7) is 16.0. The summed E-state index contributed by atoms with van der Waals surface area (Å²) in [4.78, 5) is 0. The third kappa shape index (κ3) is 4.47. The van der Waals surface area contributed by atoms with Crippen molar-refractivity contribution in [3.8, 4) is 22.6 Å².